The Kier molecular flexibility index (Phi) is 4.79. The number of nitrogens with one attached hydrogen (secondary N) is 1. The number of nitriles is 1. The van der Waals surface area contributed by atoms with Gasteiger partial charge < -0.3 is 5.32 Å². The highest BCUT2D eigenvalue weighted by atomic mass is 15.0. The molecule has 1 aliphatic rings. The first-order valence-electron chi connectivity index (χ1n) is 7.36. The summed E-state index contributed by atoms with van der Waals surface area (Å²) < 4.78 is 0. The number of rotatable bonds is 4. The van der Waals surface area contributed by atoms with Gasteiger partial charge in [-0.25, -0.2) is 4.98 Å². The third kappa shape index (κ3) is 3.96. The normalized spacial score (nSPS) is 22.8. The van der Waals surface area contributed by atoms with Gasteiger partial charge in [-0.15, -0.1) is 0 Å². The molecule has 3 nitrogen and oxygen atoms in total. The van der Waals surface area contributed by atoms with Crippen LogP contribution in [-0.4, -0.2) is 11.0 Å². The highest BCUT2D eigenvalue weighted by molar-refractivity contribution is 5.45. The molecule has 0 saturated heterocycles. The van der Waals surface area contributed by atoms with Gasteiger partial charge in [0.15, 0.2) is 0 Å². The Bertz CT molecular complexity index is 454. The molecule has 0 aliphatic heterocycles. The lowest BCUT2D eigenvalue weighted by atomic mass is 9.83. The molecule has 0 unspecified atom stereocenters. The van der Waals surface area contributed by atoms with E-state index in [4.69, 9.17) is 5.26 Å². The minimum atomic E-state index is 0.522. The van der Waals surface area contributed by atoms with Gasteiger partial charge in [0, 0.05) is 11.7 Å². The second-order valence-electron chi connectivity index (χ2n) is 5.64. The van der Waals surface area contributed by atoms with E-state index >= 15 is 0 Å². The standard InChI is InChI=1S/C16H23N3/c1-3-4-13-5-7-15(8-6-13)19-16-10-14(11-17)9-12(2)18-16/h9-10,13,15H,3-8H2,1-2H3,(H,18,19). The van der Waals surface area contributed by atoms with E-state index in [9.17, 15) is 0 Å². The molecule has 102 valence electrons. The summed E-state index contributed by atoms with van der Waals surface area (Å²) in [6, 6.07) is 6.39. The van der Waals surface area contributed by atoms with E-state index in [1.165, 1.54) is 38.5 Å². The highest BCUT2D eigenvalue weighted by Gasteiger charge is 2.20. The molecule has 0 amide bonds. The predicted octanol–water partition coefficient (Wildman–Crippen LogP) is 4.03. The van der Waals surface area contributed by atoms with Crippen LogP contribution in [0.25, 0.3) is 0 Å². The Hall–Kier alpha value is -1.56. The van der Waals surface area contributed by atoms with Crippen molar-refractivity contribution in [2.45, 2.75) is 58.4 Å². The number of aryl methyl sites for hydroxylation is 1. The van der Waals surface area contributed by atoms with Crippen LogP contribution in [0.5, 0.6) is 0 Å². The highest BCUT2D eigenvalue weighted by Crippen LogP contribution is 2.29. The molecule has 1 aromatic rings. The zero-order chi connectivity index (χ0) is 13.7. The first-order chi connectivity index (χ1) is 9.21. The minimum absolute atomic E-state index is 0.522. The predicted molar refractivity (Wildman–Crippen MR) is 78.0 cm³/mol. The van der Waals surface area contributed by atoms with Crippen molar-refractivity contribution in [1.82, 2.24) is 4.98 Å². The van der Waals surface area contributed by atoms with Crippen molar-refractivity contribution < 1.29 is 0 Å². The molecule has 1 fully saturated rings. The van der Waals surface area contributed by atoms with Gasteiger partial charge in [-0.2, -0.15) is 5.26 Å². The summed E-state index contributed by atoms with van der Waals surface area (Å²) in [5.41, 5.74) is 1.59. The minimum Gasteiger partial charge on any atom is -0.367 e. The Morgan fingerprint density at radius 3 is 2.68 bits per heavy atom. The summed E-state index contributed by atoms with van der Waals surface area (Å²) in [5.74, 6) is 1.78. The maximum atomic E-state index is 8.98. The smallest absolute Gasteiger partial charge is 0.127 e. The van der Waals surface area contributed by atoms with Gasteiger partial charge >= 0.3 is 0 Å². The van der Waals surface area contributed by atoms with E-state index in [1.54, 1.807) is 0 Å². The fraction of sp³-hybridized carbons (Fsp3) is 0.625. The molecular weight excluding hydrogens is 234 g/mol. The van der Waals surface area contributed by atoms with Crippen LogP contribution in [-0.2, 0) is 0 Å². The third-order valence-corrected chi connectivity index (χ3v) is 3.98. The number of hydrogen-bond donors (Lipinski definition) is 1. The lowest BCUT2D eigenvalue weighted by Crippen LogP contribution is -2.26. The van der Waals surface area contributed by atoms with Gasteiger partial charge in [-0.1, -0.05) is 19.8 Å². The van der Waals surface area contributed by atoms with Crippen LogP contribution >= 0.6 is 0 Å². The first-order valence-corrected chi connectivity index (χ1v) is 7.36. The van der Waals surface area contributed by atoms with Crippen molar-refractivity contribution in [2.75, 3.05) is 5.32 Å². The lowest BCUT2D eigenvalue weighted by Gasteiger charge is -2.29. The maximum Gasteiger partial charge on any atom is 0.127 e. The van der Waals surface area contributed by atoms with Gasteiger partial charge in [0.2, 0.25) is 0 Å². The molecule has 1 aliphatic carbocycles. The molecule has 2 rings (SSSR count). The van der Waals surface area contributed by atoms with E-state index in [1.807, 2.05) is 19.1 Å². The van der Waals surface area contributed by atoms with Crippen LogP contribution in [0.3, 0.4) is 0 Å². The average Bonchev–Trinajstić information content (AvgIpc) is 2.40. The molecular formula is C16H23N3. The molecule has 0 bridgehead atoms. The van der Waals surface area contributed by atoms with Gasteiger partial charge in [-0.05, 0) is 50.7 Å². The van der Waals surface area contributed by atoms with Crippen molar-refractivity contribution >= 4 is 5.82 Å². The average molecular weight is 257 g/mol. The van der Waals surface area contributed by atoms with E-state index in [0.717, 1.165) is 17.4 Å². The van der Waals surface area contributed by atoms with Crippen LogP contribution in [0, 0.1) is 24.2 Å². The molecule has 1 N–H and O–H groups in total. The second kappa shape index (κ2) is 6.56. The zero-order valence-corrected chi connectivity index (χ0v) is 11.9. The molecule has 3 heteroatoms. The van der Waals surface area contributed by atoms with Crippen LogP contribution < -0.4 is 5.32 Å². The summed E-state index contributed by atoms with van der Waals surface area (Å²) in [6.07, 6.45) is 7.76. The van der Waals surface area contributed by atoms with Gasteiger partial charge in [-0.3, -0.25) is 0 Å². The number of hydrogen-bond acceptors (Lipinski definition) is 3. The molecule has 19 heavy (non-hydrogen) atoms. The molecule has 1 aromatic heterocycles. The fourth-order valence-electron chi connectivity index (χ4n) is 3.02. The van der Waals surface area contributed by atoms with Gasteiger partial charge in [0.25, 0.3) is 0 Å². The SMILES string of the molecule is CCCC1CCC(Nc2cc(C#N)cc(C)n2)CC1. The molecule has 0 spiro atoms. The number of aromatic nitrogens is 1. The van der Waals surface area contributed by atoms with Crippen LogP contribution in [0.4, 0.5) is 5.82 Å². The summed E-state index contributed by atoms with van der Waals surface area (Å²) in [7, 11) is 0. The number of pyridine rings is 1. The monoisotopic (exact) mass is 257 g/mol. The molecule has 1 saturated carbocycles. The Morgan fingerprint density at radius 2 is 2.05 bits per heavy atom. The van der Waals surface area contributed by atoms with Crippen LogP contribution in [0.1, 0.15) is 56.7 Å². The van der Waals surface area contributed by atoms with Crippen LogP contribution in [0.15, 0.2) is 12.1 Å². The molecule has 0 atom stereocenters. The molecule has 1 heterocycles. The van der Waals surface area contributed by atoms with Crippen LogP contribution in [0.2, 0.25) is 0 Å². The molecule has 0 aromatic carbocycles. The first kappa shape index (κ1) is 13.9. The Balaban J connectivity index is 1.92. The van der Waals surface area contributed by atoms with Gasteiger partial charge in [0.1, 0.15) is 5.82 Å². The number of nitrogens with zero attached hydrogens (tertiary/aromatic N) is 2. The second-order valence-corrected chi connectivity index (χ2v) is 5.64. The quantitative estimate of drug-likeness (QED) is 0.885. The van der Waals surface area contributed by atoms with Crippen molar-refractivity contribution in [3.63, 3.8) is 0 Å². The fourth-order valence-corrected chi connectivity index (χ4v) is 3.02. The summed E-state index contributed by atoms with van der Waals surface area (Å²) >= 11 is 0. The summed E-state index contributed by atoms with van der Waals surface area (Å²) in [4.78, 5) is 4.47. The van der Waals surface area contributed by atoms with E-state index < -0.39 is 0 Å². The van der Waals surface area contributed by atoms with E-state index in [0.29, 0.717) is 11.6 Å². The van der Waals surface area contributed by atoms with E-state index in [2.05, 4.69) is 23.3 Å². The number of anilines is 1. The van der Waals surface area contributed by atoms with Crippen molar-refractivity contribution in [3.8, 4) is 6.07 Å². The Morgan fingerprint density at radius 1 is 1.32 bits per heavy atom. The van der Waals surface area contributed by atoms with Crippen molar-refractivity contribution in [3.05, 3.63) is 23.4 Å². The lowest BCUT2D eigenvalue weighted by molar-refractivity contribution is 0.318. The Labute approximate surface area is 116 Å². The summed E-state index contributed by atoms with van der Waals surface area (Å²) in [5, 5.41) is 12.5. The van der Waals surface area contributed by atoms with E-state index in [-0.39, 0.29) is 0 Å². The largest absolute Gasteiger partial charge is 0.367 e. The summed E-state index contributed by atoms with van der Waals surface area (Å²) in [6.45, 7) is 4.20. The van der Waals surface area contributed by atoms with Gasteiger partial charge in [0.05, 0.1) is 11.6 Å². The maximum absolute atomic E-state index is 8.98. The third-order valence-electron chi connectivity index (χ3n) is 3.98. The molecule has 0 radical (unpaired) electrons. The zero-order valence-electron chi connectivity index (χ0n) is 11.9. The van der Waals surface area contributed by atoms with Crippen molar-refractivity contribution in [1.29, 1.82) is 5.26 Å². The van der Waals surface area contributed by atoms with Crippen molar-refractivity contribution in [2.24, 2.45) is 5.92 Å². The topological polar surface area (TPSA) is 48.7 Å².